The lowest BCUT2D eigenvalue weighted by atomic mass is 9.62. The van der Waals surface area contributed by atoms with E-state index in [0.717, 1.165) is 12.2 Å². The van der Waals surface area contributed by atoms with Crippen LogP contribution < -0.4 is 14.8 Å². The second-order valence-electron chi connectivity index (χ2n) is 10.3. The van der Waals surface area contributed by atoms with Crippen LogP contribution in [0.25, 0.3) is 0 Å². The molecule has 3 aromatic rings. The van der Waals surface area contributed by atoms with E-state index in [1.807, 2.05) is 6.07 Å². The van der Waals surface area contributed by atoms with Gasteiger partial charge in [0.1, 0.15) is 5.76 Å². The number of furan rings is 1. The monoisotopic (exact) mass is 463 g/mol. The van der Waals surface area contributed by atoms with Crippen LogP contribution in [0.5, 0.6) is 11.8 Å². The van der Waals surface area contributed by atoms with E-state index in [9.17, 15) is 4.79 Å². The summed E-state index contributed by atoms with van der Waals surface area (Å²) in [5.74, 6) is 1.14. The molecule has 0 atom stereocenters. The molecule has 2 heterocycles. The standard InChI is InChI=1S/C27H33N3O4/c1-16-12-19-20(27(4,5)11-10-26(19,2)3)14-17(16)13-18-8-9-21(34-18)24(31)30-25-28-22(32-6)15-23(29-25)33-7/h8-9,12,14-15H,10-11,13H2,1-7H3,(H,28,29,30,31). The predicted octanol–water partition coefficient (Wildman–Crippen LogP) is 5.59. The number of amides is 1. The second-order valence-corrected chi connectivity index (χ2v) is 10.3. The molecule has 7 nitrogen and oxygen atoms in total. The number of methoxy groups -OCH3 is 2. The summed E-state index contributed by atoms with van der Waals surface area (Å²) >= 11 is 0. The largest absolute Gasteiger partial charge is 0.481 e. The third kappa shape index (κ3) is 4.65. The zero-order chi connectivity index (χ0) is 24.7. The van der Waals surface area contributed by atoms with Crippen molar-refractivity contribution in [1.29, 1.82) is 0 Å². The zero-order valence-corrected chi connectivity index (χ0v) is 21.0. The fourth-order valence-electron chi connectivity index (χ4n) is 4.57. The maximum atomic E-state index is 12.7. The van der Waals surface area contributed by atoms with Crippen LogP contribution >= 0.6 is 0 Å². The molecule has 0 bridgehead atoms. The maximum Gasteiger partial charge on any atom is 0.293 e. The van der Waals surface area contributed by atoms with E-state index in [4.69, 9.17) is 13.9 Å². The highest BCUT2D eigenvalue weighted by Gasteiger charge is 2.37. The van der Waals surface area contributed by atoms with Gasteiger partial charge in [-0.3, -0.25) is 10.1 Å². The van der Waals surface area contributed by atoms with Crippen molar-refractivity contribution in [3.63, 3.8) is 0 Å². The highest BCUT2D eigenvalue weighted by molar-refractivity contribution is 6.01. The Hall–Kier alpha value is -3.35. The minimum absolute atomic E-state index is 0.0783. The Morgan fingerprint density at radius 1 is 0.971 bits per heavy atom. The Kier molecular flexibility index (Phi) is 6.14. The normalized spacial score (nSPS) is 16.0. The summed E-state index contributed by atoms with van der Waals surface area (Å²) in [7, 11) is 2.97. The molecule has 1 aromatic carbocycles. The minimum atomic E-state index is -0.438. The number of fused-ring (bicyclic) bond motifs is 1. The molecule has 0 unspecified atom stereocenters. The van der Waals surface area contributed by atoms with Gasteiger partial charge in [-0.1, -0.05) is 39.8 Å². The fraction of sp³-hybridized carbons (Fsp3) is 0.444. The van der Waals surface area contributed by atoms with Crippen molar-refractivity contribution in [1.82, 2.24) is 9.97 Å². The van der Waals surface area contributed by atoms with Crippen molar-refractivity contribution >= 4 is 11.9 Å². The molecule has 0 aliphatic heterocycles. The Bertz CT molecular complexity index is 1200. The van der Waals surface area contributed by atoms with Crippen molar-refractivity contribution in [2.45, 2.75) is 64.7 Å². The number of rotatable bonds is 6. The van der Waals surface area contributed by atoms with Gasteiger partial charge in [-0.15, -0.1) is 0 Å². The van der Waals surface area contributed by atoms with Gasteiger partial charge < -0.3 is 13.9 Å². The first-order valence-corrected chi connectivity index (χ1v) is 11.5. The molecule has 1 aliphatic rings. The first-order valence-electron chi connectivity index (χ1n) is 11.5. The molecular formula is C27H33N3O4. The molecule has 2 aromatic heterocycles. The van der Waals surface area contributed by atoms with Gasteiger partial charge in [0, 0.05) is 6.42 Å². The van der Waals surface area contributed by atoms with Crippen LogP contribution in [0, 0.1) is 6.92 Å². The molecule has 0 saturated carbocycles. The summed E-state index contributed by atoms with van der Waals surface area (Å²) in [6, 6.07) is 9.72. The van der Waals surface area contributed by atoms with Crippen molar-refractivity contribution < 1.29 is 18.7 Å². The predicted molar refractivity (Wildman–Crippen MR) is 131 cm³/mol. The number of benzene rings is 1. The molecule has 1 N–H and O–H groups in total. The average Bonchev–Trinajstić information content (AvgIpc) is 3.26. The minimum Gasteiger partial charge on any atom is -0.481 e. The maximum absolute atomic E-state index is 12.7. The van der Waals surface area contributed by atoms with E-state index in [1.54, 1.807) is 6.07 Å². The van der Waals surface area contributed by atoms with E-state index in [0.29, 0.717) is 6.42 Å². The van der Waals surface area contributed by atoms with Crippen LogP contribution in [0.1, 0.15) is 79.1 Å². The number of hydrogen-bond acceptors (Lipinski definition) is 6. The van der Waals surface area contributed by atoms with E-state index in [1.165, 1.54) is 49.0 Å². The van der Waals surface area contributed by atoms with Crippen LogP contribution in [0.15, 0.2) is 34.7 Å². The molecule has 4 rings (SSSR count). The molecule has 1 aliphatic carbocycles. The number of carbonyl (C=O) groups excluding carboxylic acids is 1. The van der Waals surface area contributed by atoms with E-state index in [2.05, 4.69) is 62.0 Å². The first kappa shape index (κ1) is 23.8. The van der Waals surface area contributed by atoms with Crippen LogP contribution in [0.2, 0.25) is 0 Å². The molecule has 0 spiro atoms. The summed E-state index contributed by atoms with van der Waals surface area (Å²) in [5.41, 5.74) is 5.63. The van der Waals surface area contributed by atoms with Gasteiger partial charge in [0.15, 0.2) is 5.76 Å². The van der Waals surface area contributed by atoms with E-state index < -0.39 is 5.91 Å². The Morgan fingerprint density at radius 3 is 2.15 bits per heavy atom. The molecule has 180 valence electrons. The number of aromatic nitrogens is 2. The number of hydrogen-bond donors (Lipinski definition) is 1. The van der Waals surface area contributed by atoms with Gasteiger partial charge in [-0.2, -0.15) is 9.97 Å². The zero-order valence-electron chi connectivity index (χ0n) is 21.0. The molecule has 7 heteroatoms. The number of nitrogens with zero attached hydrogens (tertiary/aromatic N) is 2. The second kappa shape index (κ2) is 8.78. The quantitative estimate of drug-likeness (QED) is 0.513. The first-order chi connectivity index (χ1) is 16.0. The van der Waals surface area contributed by atoms with Gasteiger partial charge in [0.25, 0.3) is 5.91 Å². The Morgan fingerprint density at radius 2 is 1.56 bits per heavy atom. The van der Waals surface area contributed by atoms with Gasteiger partial charge in [0.05, 0.1) is 20.3 Å². The molecule has 34 heavy (non-hydrogen) atoms. The molecule has 1 amide bonds. The Balaban J connectivity index is 1.55. The number of ether oxygens (including phenoxy) is 2. The molecular weight excluding hydrogens is 430 g/mol. The van der Waals surface area contributed by atoms with Crippen LogP contribution in [-0.2, 0) is 17.3 Å². The van der Waals surface area contributed by atoms with Crippen LogP contribution in [0.3, 0.4) is 0 Å². The molecule has 0 fully saturated rings. The van der Waals surface area contributed by atoms with Crippen LogP contribution in [0.4, 0.5) is 5.95 Å². The van der Waals surface area contributed by atoms with Crippen molar-refractivity contribution in [3.05, 3.63) is 64.1 Å². The highest BCUT2D eigenvalue weighted by atomic mass is 16.5. The highest BCUT2D eigenvalue weighted by Crippen LogP contribution is 2.46. The Labute approximate surface area is 200 Å². The lowest BCUT2D eigenvalue weighted by Gasteiger charge is -2.42. The van der Waals surface area contributed by atoms with Gasteiger partial charge in [0.2, 0.25) is 17.7 Å². The summed E-state index contributed by atoms with van der Waals surface area (Å²) < 4.78 is 16.2. The lowest BCUT2D eigenvalue weighted by molar-refractivity contribution is 0.0994. The third-order valence-corrected chi connectivity index (χ3v) is 6.88. The summed E-state index contributed by atoms with van der Waals surface area (Å²) in [5, 5.41) is 2.64. The van der Waals surface area contributed by atoms with Crippen molar-refractivity contribution in [2.24, 2.45) is 0 Å². The third-order valence-electron chi connectivity index (χ3n) is 6.88. The lowest BCUT2D eigenvalue weighted by Crippen LogP contribution is -2.34. The number of anilines is 1. The summed E-state index contributed by atoms with van der Waals surface area (Å²) in [6.45, 7) is 11.5. The van der Waals surface area contributed by atoms with E-state index >= 15 is 0 Å². The van der Waals surface area contributed by atoms with Gasteiger partial charge in [-0.25, -0.2) is 0 Å². The summed E-state index contributed by atoms with van der Waals surface area (Å²) in [6.07, 6.45) is 2.97. The average molecular weight is 464 g/mol. The SMILES string of the molecule is COc1cc(OC)nc(NC(=O)c2ccc(Cc3cc4c(cc3C)C(C)(C)CCC4(C)C)o2)n1. The van der Waals surface area contributed by atoms with E-state index in [-0.39, 0.29) is 34.3 Å². The van der Waals surface area contributed by atoms with Crippen LogP contribution in [-0.4, -0.2) is 30.1 Å². The van der Waals surface area contributed by atoms with Crippen molar-refractivity contribution in [2.75, 3.05) is 19.5 Å². The van der Waals surface area contributed by atoms with Crippen molar-refractivity contribution in [3.8, 4) is 11.8 Å². The number of nitrogens with one attached hydrogen (secondary N) is 1. The molecule has 0 saturated heterocycles. The van der Waals surface area contributed by atoms with Gasteiger partial charge in [-0.05, 0) is 65.0 Å². The molecule has 0 radical (unpaired) electrons. The number of aryl methyl sites for hydroxylation is 1. The smallest absolute Gasteiger partial charge is 0.293 e. The van der Waals surface area contributed by atoms with Gasteiger partial charge >= 0.3 is 0 Å². The topological polar surface area (TPSA) is 86.5 Å². The summed E-state index contributed by atoms with van der Waals surface area (Å²) in [4.78, 5) is 21.0. The number of carbonyl (C=O) groups is 1. The fourth-order valence-corrected chi connectivity index (χ4v) is 4.57.